The minimum atomic E-state index is -0.998. The number of nitrogens with zero attached hydrogens (tertiary/aromatic N) is 2. The molecule has 0 saturated heterocycles. The van der Waals surface area contributed by atoms with Gasteiger partial charge in [-0.15, -0.1) is 0 Å². The number of nitrogens with one attached hydrogen (secondary N) is 1. The van der Waals surface area contributed by atoms with Crippen LogP contribution in [0, 0.1) is 5.92 Å². The first-order chi connectivity index (χ1) is 16.5. The van der Waals surface area contributed by atoms with Gasteiger partial charge in [0.05, 0.1) is 18.5 Å². The second-order valence-electron chi connectivity index (χ2n) is 10.1. The summed E-state index contributed by atoms with van der Waals surface area (Å²) >= 11 is 0. The first kappa shape index (κ1) is 22.5. The fraction of sp³-hybridized carbons (Fsp3) is 0.429. The quantitative estimate of drug-likeness (QED) is 0.570. The van der Waals surface area contributed by atoms with Gasteiger partial charge < -0.3 is 19.2 Å². The van der Waals surface area contributed by atoms with Crippen molar-refractivity contribution in [2.75, 3.05) is 6.54 Å². The van der Waals surface area contributed by atoms with Gasteiger partial charge in [-0.3, -0.25) is 9.59 Å². The topological polar surface area (TPSA) is 67.5 Å². The molecule has 178 valence electrons. The highest BCUT2D eigenvalue weighted by Gasteiger charge is 2.48. The molecule has 1 aliphatic heterocycles. The maximum Gasteiger partial charge on any atom is 0.271 e. The average Bonchev–Trinajstić information content (AvgIpc) is 3.51. The number of fused-ring (bicyclic) bond motifs is 1. The number of furan rings is 1. The molecule has 3 aromatic rings. The number of hydrogen-bond donors (Lipinski definition) is 1. The monoisotopic (exact) mass is 459 g/mol. The normalized spacial score (nSPS) is 24.6. The van der Waals surface area contributed by atoms with E-state index < -0.39 is 5.54 Å². The zero-order valence-electron chi connectivity index (χ0n) is 20.0. The van der Waals surface area contributed by atoms with Gasteiger partial charge in [0.15, 0.2) is 0 Å². The summed E-state index contributed by atoms with van der Waals surface area (Å²) in [5.74, 6) is 1.22. The Kier molecular flexibility index (Phi) is 6.07. The van der Waals surface area contributed by atoms with Gasteiger partial charge in [-0.2, -0.15) is 0 Å². The summed E-state index contributed by atoms with van der Waals surface area (Å²) in [4.78, 5) is 29.4. The van der Waals surface area contributed by atoms with Gasteiger partial charge in [0.2, 0.25) is 5.91 Å². The Morgan fingerprint density at radius 1 is 1.03 bits per heavy atom. The van der Waals surface area contributed by atoms with Crippen LogP contribution in [0.3, 0.4) is 0 Å². The van der Waals surface area contributed by atoms with Crippen LogP contribution in [0.5, 0.6) is 0 Å². The fourth-order valence-corrected chi connectivity index (χ4v) is 5.39. The lowest BCUT2D eigenvalue weighted by Crippen LogP contribution is -2.65. The molecule has 1 aliphatic carbocycles. The Bertz CT molecular complexity index is 1140. The van der Waals surface area contributed by atoms with E-state index in [-0.39, 0.29) is 17.9 Å². The zero-order valence-corrected chi connectivity index (χ0v) is 20.0. The van der Waals surface area contributed by atoms with Crippen molar-refractivity contribution in [2.45, 2.75) is 64.1 Å². The summed E-state index contributed by atoms with van der Waals surface area (Å²) < 4.78 is 7.57. The Morgan fingerprint density at radius 3 is 2.47 bits per heavy atom. The van der Waals surface area contributed by atoms with E-state index in [1.807, 2.05) is 54.0 Å². The third kappa shape index (κ3) is 4.17. The minimum absolute atomic E-state index is 0.0711. The van der Waals surface area contributed by atoms with E-state index in [1.165, 1.54) is 0 Å². The summed E-state index contributed by atoms with van der Waals surface area (Å²) in [5, 5.41) is 3.31. The highest BCUT2D eigenvalue weighted by Crippen LogP contribution is 2.34. The van der Waals surface area contributed by atoms with Gasteiger partial charge >= 0.3 is 0 Å². The maximum atomic E-state index is 13.8. The molecule has 3 heterocycles. The Hall–Kier alpha value is -3.28. The molecular weight excluding hydrogens is 426 g/mol. The lowest BCUT2D eigenvalue weighted by molar-refractivity contribution is -0.133. The van der Waals surface area contributed by atoms with Gasteiger partial charge in [-0.1, -0.05) is 37.3 Å². The molecule has 1 aromatic carbocycles. The van der Waals surface area contributed by atoms with E-state index in [1.54, 1.807) is 11.2 Å². The minimum Gasteiger partial charge on any atom is -0.463 e. The molecule has 6 nitrogen and oxygen atoms in total. The second kappa shape index (κ2) is 9.16. The van der Waals surface area contributed by atoms with Crippen LogP contribution in [0.1, 0.15) is 55.6 Å². The van der Waals surface area contributed by atoms with Crippen molar-refractivity contribution in [1.29, 1.82) is 0 Å². The molecular formula is C28H33N3O3. The van der Waals surface area contributed by atoms with Crippen LogP contribution < -0.4 is 5.32 Å². The van der Waals surface area contributed by atoms with Crippen LogP contribution in [-0.4, -0.2) is 39.4 Å². The van der Waals surface area contributed by atoms with Crippen LogP contribution in [0.4, 0.5) is 0 Å². The molecule has 1 N–H and O–H groups in total. The Morgan fingerprint density at radius 2 is 1.76 bits per heavy atom. The second-order valence-corrected chi connectivity index (χ2v) is 10.1. The lowest BCUT2D eigenvalue weighted by Gasteiger charge is -2.45. The molecule has 2 amide bonds. The Labute approximate surface area is 200 Å². The summed E-state index contributed by atoms with van der Waals surface area (Å²) in [7, 11) is 0. The molecule has 0 bridgehead atoms. The lowest BCUT2D eigenvalue weighted by atomic mass is 9.86. The smallest absolute Gasteiger partial charge is 0.271 e. The molecule has 1 saturated carbocycles. The van der Waals surface area contributed by atoms with Crippen LogP contribution in [0.25, 0.3) is 11.5 Å². The number of hydrogen-bond acceptors (Lipinski definition) is 3. The first-order valence-electron chi connectivity index (χ1n) is 12.4. The van der Waals surface area contributed by atoms with Gasteiger partial charge in [-0.25, -0.2) is 0 Å². The number of rotatable bonds is 6. The molecule has 1 atom stereocenters. The maximum absolute atomic E-state index is 13.8. The fourth-order valence-electron chi connectivity index (χ4n) is 5.39. The highest BCUT2D eigenvalue weighted by molar-refractivity contribution is 6.00. The molecule has 6 heteroatoms. The van der Waals surface area contributed by atoms with E-state index in [0.717, 1.165) is 36.9 Å². The molecule has 2 aliphatic rings. The van der Waals surface area contributed by atoms with Crippen molar-refractivity contribution in [3.8, 4) is 11.5 Å². The van der Waals surface area contributed by atoms with Crippen LogP contribution in [0.15, 0.2) is 65.3 Å². The molecule has 0 spiro atoms. The number of benzene rings is 1. The van der Waals surface area contributed by atoms with E-state index >= 15 is 0 Å². The summed E-state index contributed by atoms with van der Waals surface area (Å²) in [6.45, 7) is 5.05. The molecule has 0 radical (unpaired) electrons. The predicted molar refractivity (Wildman–Crippen MR) is 131 cm³/mol. The largest absolute Gasteiger partial charge is 0.463 e. The SMILES string of the molecule is CC1CCC(NC(=O)[C@]2(C)Cn3c(ccc3-c3ccco3)C(=O)N2CCc2ccccc2)CC1. The molecule has 1 fully saturated rings. The van der Waals surface area contributed by atoms with Crippen molar-refractivity contribution in [3.05, 3.63) is 72.1 Å². The number of aromatic nitrogens is 1. The first-order valence-corrected chi connectivity index (χ1v) is 12.4. The van der Waals surface area contributed by atoms with Crippen molar-refractivity contribution in [1.82, 2.24) is 14.8 Å². The summed E-state index contributed by atoms with van der Waals surface area (Å²) in [6, 6.07) is 17.8. The number of carbonyl (C=O) groups excluding carboxylic acids is 2. The zero-order chi connectivity index (χ0) is 23.7. The van der Waals surface area contributed by atoms with Crippen molar-refractivity contribution in [3.63, 3.8) is 0 Å². The van der Waals surface area contributed by atoms with E-state index in [4.69, 9.17) is 4.42 Å². The highest BCUT2D eigenvalue weighted by atomic mass is 16.3. The Balaban J connectivity index is 1.46. The molecule has 0 unspecified atom stereocenters. The van der Waals surface area contributed by atoms with E-state index in [9.17, 15) is 9.59 Å². The van der Waals surface area contributed by atoms with Crippen molar-refractivity contribution in [2.24, 2.45) is 5.92 Å². The molecule has 5 rings (SSSR count). The molecule has 34 heavy (non-hydrogen) atoms. The van der Waals surface area contributed by atoms with E-state index in [2.05, 4.69) is 24.4 Å². The average molecular weight is 460 g/mol. The van der Waals surface area contributed by atoms with Gasteiger partial charge in [0.25, 0.3) is 5.91 Å². The van der Waals surface area contributed by atoms with Crippen LogP contribution in [0.2, 0.25) is 0 Å². The standard InChI is InChI=1S/C28H33N3O3/c1-20-10-12-22(13-11-20)29-27(33)28(2)19-30-23(25-9-6-18-34-25)14-15-24(30)26(32)31(28)17-16-21-7-4-3-5-8-21/h3-9,14-15,18,20,22H,10-13,16-17,19H2,1-2H3,(H,29,33)/t20?,22?,28-/m0/s1. The predicted octanol–water partition coefficient (Wildman–Crippen LogP) is 4.90. The number of carbonyl (C=O) groups is 2. The van der Waals surface area contributed by atoms with Gasteiger partial charge in [-0.05, 0) is 74.8 Å². The van der Waals surface area contributed by atoms with Crippen molar-refractivity contribution >= 4 is 11.8 Å². The van der Waals surface area contributed by atoms with Crippen molar-refractivity contribution < 1.29 is 14.0 Å². The van der Waals surface area contributed by atoms with Crippen LogP contribution in [-0.2, 0) is 17.8 Å². The summed E-state index contributed by atoms with van der Waals surface area (Å²) in [6.07, 6.45) is 6.57. The summed E-state index contributed by atoms with van der Waals surface area (Å²) in [5.41, 5.74) is 1.57. The molecule has 2 aromatic heterocycles. The van der Waals surface area contributed by atoms with Gasteiger partial charge in [0.1, 0.15) is 17.0 Å². The van der Waals surface area contributed by atoms with Crippen LogP contribution >= 0.6 is 0 Å². The van der Waals surface area contributed by atoms with Gasteiger partial charge in [0, 0.05) is 12.6 Å². The third-order valence-corrected chi connectivity index (χ3v) is 7.59. The number of amides is 2. The third-order valence-electron chi connectivity index (χ3n) is 7.59. The van der Waals surface area contributed by atoms with E-state index in [0.29, 0.717) is 36.9 Å².